The minimum Gasteiger partial charge on any atom is -0.448 e. The lowest BCUT2D eigenvalue weighted by Gasteiger charge is -2.24. The van der Waals surface area contributed by atoms with Gasteiger partial charge in [-0.1, -0.05) is 49.2 Å². The molecule has 1 fully saturated rings. The van der Waals surface area contributed by atoms with Gasteiger partial charge in [0.2, 0.25) is 0 Å². The minimum absolute atomic E-state index is 0.00886. The van der Waals surface area contributed by atoms with E-state index in [-0.39, 0.29) is 17.2 Å². The number of esters is 1. The Morgan fingerprint density at radius 1 is 0.903 bits per heavy atom. The second-order valence-electron chi connectivity index (χ2n) is 7.73. The molecule has 4 rings (SSSR count). The van der Waals surface area contributed by atoms with E-state index >= 15 is 0 Å². The van der Waals surface area contributed by atoms with E-state index in [4.69, 9.17) is 4.74 Å². The van der Waals surface area contributed by atoms with Crippen LogP contribution in [0.15, 0.2) is 59.4 Å². The monoisotopic (exact) mass is 419 g/mol. The number of para-hydroxylation sites is 1. The van der Waals surface area contributed by atoms with Crippen LogP contribution < -0.4 is 5.56 Å². The normalized spacial score (nSPS) is 15.3. The molecule has 1 aromatic heterocycles. The topological polar surface area (TPSA) is 81.5 Å². The maximum absolute atomic E-state index is 13.0. The van der Waals surface area contributed by atoms with Gasteiger partial charge in [-0.25, -0.2) is 4.79 Å². The fourth-order valence-electron chi connectivity index (χ4n) is 3.90. The highest BCUT2D eigenvalue weighted by atomic mass is 16.5. The molecule has 0 saturated carbocycles. The van der Waals surface area contributed by atoms with Crippen molar-refractivity contribution in [3.8, 4) is 5.69 Å². The number of carbonyl (C=O) groups is 2. The van der Waals surface area contributed by atoms with E-state index in [9.17, 15) is 14.4 Å². The molecule has 2 heterocycles. The molecule has 1 atom stereocenters. The molecule has 160 valence electrons. The van der Waals surface area contributed by atoms with Gasteiger partial charge in [0.25, 0.3) is 11.5 Å². The summed E-state index contributed by atoms with van der Waals surface area (Å²) in [5, 5.41) is 5.08. The number of fused-ring (bicyclic) bond motifs is 1. The van der Waals surface area contributed by atoms with Crippen LogP contribution in [0.2, 0.25) is 0 Å². The number of hydrogen-bond acceptors (Lipinski definition) is 5. The molecule has 0 radical (unpaired) electrons. The predicted octanol–water partition coefficient (Wildman–Crippen LogP) is 3.33. The van der Waals surface area contributed by atoms with Gasteiger partial charge >= 0.3 is 5.97 Å². The molecule has 3 aromatic rings. The number of hydrogen-bond donors (Lipinski definition) is 0. The molecule has 0 bridgehead atoms. The Hall–Kier alpha value is -3.48. The molecule has 1 aliphatic rings. The molecule has 1 saturated heterocycles. The molecular formula is C24H25N3O4. The van der Waals surface area contributed by atoms with Crippen LogP contribution in [0, 0.1) is 0 Å². The standard InChI is InChI=1S/C24H25N3O4/c1-17(22(28)26-15-9-2-3-10-16-26)31-24(30)21-19-13-7-8-14-20(19)23(29)27(25-21)18-11-5-4-6-12-18/h4-8,11-14,17H,2-3,9-10,15-16H2,1H3/t17-/m1/s1. The van der Waals surface area contributed by atoms with Crippen molar-refractivity contribution < 1.29 is 14.3 Å². The molecule has 2 aromatic carbocycles. The van der Waals surface area contributed by atoms with Crippen LogP contribution in [-0.2, 0) is 9.53 Å². The van der Waals surface area contributed by atoms with Gasteiger partial charge in [0, 0.05) is 18.5 Å². The van der Waals surface area contributed by atoms with Gasteiger partial charge < -0.3 is 9.64 Å². The zero-order chi connectivity index (χ0) is 21.8. The lowest BCUT2D eigenvalue weighted by Crippen LogP contribution is -2.40. The van der Waals surface area contributed by atoms with Crippen molar-refractivity contribution in [2.24, 2.45) is 0 Å². The van der Waals surface area contributed by atoms with Crippen LogP contribution >= 0.6 is 0 Å². The summed E-state index contributed by atoms with van der Waals surface area (Å²) in [6, 6.07) is 15.7. The number of rotatable bonds is 4. The molecule has 31 heavy (non-hydrogen) atoms. The highest BCUT2D eigenvalue weighted by molar-refractivity contribution is 6.03. The largest absolute Gasteiger partial charge is 0.448 e. The van der Waals surface area contributed by atoms with Crippen molar-refractivity contribution >= 4 is 22.6 Å². The lowest BCUT2D eigenvalue weighted by molar-refractivity contribution is -0.139. The number of ether oxygens (including phenoxy) is 1. The summed E-state index contributed by atoms with van der Waals surface area (Å²) in [6.45, 7) is 2.95. The van der Waals surface area contributed by atoms with E-state index in [0.717, 1.165) is 25.7 Å². The Labute approximate surface area is 180 Å². The van der Waals surface area contributed by atoms with Crippen molar-refractivity contribution in [3.05, 3.63) is 70.6 Å². The van der Waals surface area contributed by atoms with Crippen LogP contribution in [0.4, 0.5) is 0 Å². The smallest absolute Gasteiger partial charge is 0.360 e. The second kappa shape index (κ2) is 9.12. The summed E-state index contributed by atoms with van der Waals surface area (Å²) in [5.74, 6) is -0.924. The van der Waals surface area contributed by atoms with E-state index in [0.29, 0.717) is 29.5 Å². The molecule has 7 nitrogen and oxygen atoms in total. The maximum Gasteiger partial charge on any atom is 0.360 e. The molecule has 1 amide bonds. The van der Waals surface area contributed by atoms with Gasteiger partial charge in [-0.3, -0.25) is 9.59 Å². The quantitative estimate of drug-likeness (QED) is 0.606. The first-order valence-electron chi connectivity index (χ1n) is 10.6. The Morgan fingerprint density at radius 3 is 2.19 bits per heavy atom. The van der Waals surface area contributed by atoms with Crippen LogP contribution in [0.25, 0.3) is 16.5 Å². The van der Waals surface area contributed by atoms with Gasteiger partial charge in [0.1, 0.15) is 0 Å². The van der Waals surface area contributed by atoms with E-state index in [1.54, 1.807) is 60.4 Å². The molecule has 0 spiro atoms. The third-order valence-corrected chi connectivity index (χ3v) is 5.55. The van der Waals surface area contributed by atoms with Crippen molar-refractivity contribution in [2.75, 3.05) is 13.1 Å². The van der Waals surface area contributed by atoms with Crippen LogP contribution in [0.1, 0.15) is 43.1 Å². The predicted molar refractivity (Wildman–Crippen MR) is 117 cm³/mol. The third kappa shape index (κ3) is 4.35. The van der Waals surface area contributed by atoms with E-state index < -0.39 is 12.1 Å². The Bertz CT molecular complexity index is 1150. The molecule has 0 unspecified atom stereocenters. The van der Waals surface area contributed by atoms with Crippen LogP contribution in [-0.4, -0.2) is 45.8 Å². The van der Waals surface area contributed by atoms with Crippen molar-refractivity contribution in [1.82, 2.24) is 14.7 Å². The van der Waals surface area contributed by atoms with E-state index in [1.807, 2.05) is 6.07 Å². The zero-order valence-corrected chi connectivity index (χ0v) is 17.5. The molecule has 7 heteroatoms. The van der Waals surface area contributed by atoms with Crippen LogP contribution in [0.3, 0.4) is 0 Å². The lowest BCUT2D eigenvalue weighted by atomic mass is 10.1. The van der Waals surface area contributed by atoms with Crippen molar-refractivity contribution in [3.63, 3.8) is 0 Å². The molecule has 1 aliphatic heterocycles. The Balaban J connectivity index is 1.66. The fraction of sp³-hybridized carbons (Fsp3) is 0.333. The first-order chi connectivity index (χ1) is 15.1. The number of likely N-dealkylation sites (tertiary alicyclic amines) is 1. The number of benzene rings is 2. The second-order valence-corrected chi connectivity index (χ2v) is 7.73. The first-order valence-corrected chi connectivity index (χ1v) is 10.6. The minimum atomic E-state index is -0.928. The SMILES string of the molecule is C[C@@H](OC(=O)c1nn(-c2ccccc2)c(=O)c2ccccc12)C(=O)N1CCCCCC1. The first kappa shape index (κ1) is 20.8. The van der Waals surface area contributed by atoms with Gasteiger partial charge in [-0.05, 0) is 38.0 Å². The van der Waals surface area contributed by atoms with Gasteiger partial charge in [-0.15, -0.1) is 0 Å². The summed E-state index contributed by atoms with van der Waals surface area (Å²) in [7, 11) is 0. The van der Waals surface area contributed by atoms with Gasteiger partial charge in [-0.2, -0.15) is 9.78 Å². The summed E-state index contributed by atoms with van der Waals surface area (Å²) < 4.78 is 6.72. The van der Waals surface area contributed by atoms with Gasteiger partial charge in [0.05, 0.1) is 11.1 Å². The Kier molecular flexibility index (Phi) is 6.11. The van der Waals surface area contributed by atoms with Crippen LogP contribution in [0.5, 0.6) is 0 Å². The van der Waals surface area contributed by atoms with Crippen molar-refractivity contribution in [1.29, 1.82) is 0 Å². The number of aromatic nitrogens is 2. The third-order valence-electron chi connectivity index (χ3n) is 5.55. The molecular weight excluding hydrogens is 394 g/mol. The highest BCUT2D eigenvalue weighted by Crippen LogP contribution is 2.18. The van der Waals surface area contributed by atoms with E-state index in [2.05, 4.69) is 5.10 Å². The number of nitrogens with zero attached hydrogens (tertiary/aromatic N) is 3. The zero-order valence-electron chi connectivity index (χ0n) is 17.5. The van der Waals surface area contributed by atoms with Crippen molar-refractivity contribution in [2.45, 2.75) is 38.7 Å². The fourth-order valence-corrected chi connectivity index (χ4v) is 3.90. The van der Waals surface area contributed by atoms with E-state index in [1.165, 1.54) is 4.68 Å². The maximum atomic E-state index is 13.0. The number of amides is 1. The number of carbonyl (C=O) groups excluding carboxylic acids is 2. The molecule has 0 aliphatic carbocycles. The van der Waals surface area contributed by atoms with Gasteiger partial charge in [0.15, 0.2) is 11.8 Å². The Morgan fingerprint density at radius 2 is 1.52 bits per heavy atom. The summed E-state index contributed by atoms with van der Waals surface area (Å²) >= 11 is 0. The summed E-state index contributed by atoms with van der Waals surface area (Å²) in [4.78, 5) is 40.6. The average Bonchev–Trinajstić information content (AvgIpc) is 3.09. The highest BCUT2D eigenvalue weighted by Gasteiger charge is 2.27. The average molecular weight is 419 g/mol. The summed E-state index contributed by atoms with van der Waals surface area (Å²) in [5.41, 5.74) is 0.225. The summed E-state index contributed by atoms with van der Waals surface area (Å²) in [6.07, 6.45) is 3.20. The molecule has 0 N–H and O–H groups in total.